The van der Waals surface area contributed by atoms with Crippen LogP contribution in [0.25, 0.3) is 0 Å². The van der Waals surface area contributed by atoms with E-state index in [0.717, 1.165) is 0 Å². The van der Waals surface area contributed by atoms with Crippen molar-refractivity contribution in [3.05, 3.63) is 10.1 Å². The van der Waals surface area contributed by atoms with Crippen LogP contribution in [-0.4, -0.2) is 54.4 Å². The summed E-state index contributed by atoms with van der Waals surface area (Å²) in [4.78, 5) is 9.04. The van der Waals surface area contributed by atoms with Crippen molar-refractivity contribution in [2.24, 2.45) is 0 Å². The highest BCUT2D eigenvalue weighted by atomic mass is 16.7. The van der Waals surface area contributed by atoms with Crippen molar-refractivity contribution in [2.75, 3.05) is 33.0 Å². The molecule has 0 saturated heterocycles. The van der Waals surface area contributed by atoms with E-state index >= 15 is 0 Å². The number of aliphatic hydroxyl groups excluding tert-OH is 2. The number of rotatable bonds is 8. The maximum atomic E-state index is 9.88. The number of hydrogen-bond donors (Lipinski definition) is 2. The van der Waals surface area contributed by atoms with Crippen molar-refractivity contribution in [2.45, 2.75) is 6.23 Å². The van der Waals surface area contributed by atoms with Gasteiger partial charge in [-0.05, 0) is 0 Å². The second-order valence-corrected chi connectivity index (χ2v) is 2.18. The molecular weight excluding hydrogens is 182 g/mol. The lowest BCUT2D eigenvalue weighted by Crippen LogP contribution is -2.25. The van der Waals surface area contributed by atoms with Gasteiger partial charge in [0.05, 0.1) is 31.4 Å². The van der Waals surface area contributed by atoms with Gasteiger partial charge in [0.2, 0.25) is 0 Å². The molecule has 7 heteroatoms. The van der Waals surface area contributed by atoms with Crippen LogP contribution in [0.5, 0.6) is 0 Å². The van der Waals surface area contributed by atoms with Gasteiger partial charge >= 0.3 is 6.23 Å². The molecule has 0 aliphatic rings. The molecule has 13 heavy (non-hydrogen) atoms. The number of nitro groups is 1. The molecule has 0 aromatic carbocycles. The van der Waals surface area contributed by atoms with Crippen molar-refractivity contribution >= 4 is 0 Å². The summed E-state index contributed by atoms with van der Waals surface area (Å²) in [6, 6.07) is 0. The molecule has 0 aliphatic carbocycles. The number of nitrogens with zero attached hydrogens (tertiary/aromatic N) is 1. The van der Waals surface area contributed by atoms with Crippen molar-refractivity contribution in [3.63, 3.8) is 0 Å². The SMILES string of the molecule is O=[N+]([O-])C(O)COCCOCCO. The van der Waals surface area contributed by atoms with Crippen LogP contribution < -0.4 is 0 Å². The van der Waals surface area contributed by atoms with E-state index in [1.165, 1.54) is 0 Å². The van der Waals surface area contributed by atoms with Gasteiger partial charge in [-0.1, -0.05) is 0 Å². The summed E-state index contributed by atoms with van der Waals surface area (Å²) < 4.78 is 9.50. The molecule has 7 nitrogen and oxygen atoms in total. The fraction of sp³-hybridized carbons (Fsp3) is 1.00. The average molecular weight is 195 g/mol. The first-order chi connectivity index (χ1) is 6.18. The molecule has 0 aromatic rings. The summed E-state index contributed by atoms with van der Waals surface area (Å²) in [5, 5.41) is 26.8. The third-order valence-electron chi connectivity index (χ3n) is 1.12. The van der Waals surface area contributed by atoms with Crippen LogP contribution in [0.3, 0.4) is 0 Å². The zero-order valence-electron chi connectivity index (χ0n) is 7.09. The zero-order chi connectivity index (χ0) is 10.1. The highest BCUT2D eigenvalue weighted by molar-refractivity contribution is 4.36. The lowest BCUT2D eigenvalue weighted by atomic mass is 10.6. The molecule has 1 atom stereocenters. The molecule has 0 saturated carbocycles. The minimum atomic E-state index is -1.68. The lowest BCUT2D eigenvalue weighted by Gasteiger charge is -2.04. The van der Waals surface area contributed by atoms with Crippen LogP contribution in [-0.2, 0) is 9.47 Å². The standard InChI is InChI=1S/C6H13NO6/c8-1-2-12-3-4-13-5-6(9)7(10)11/h6,8-9H,1-5H2. The van der Waals surface area contributed by atoms with Gasteiger partial charge in [0.15, 0.2) is 0 Å². The molecule has 78 valence electrons. The van der Waals surface area contributed by atoms with Crippen LogP contribution in [0.4, 0.5) is 0 Å². The lowest BCUT2D eigenvalue weighted by molar-refractivity contribution is -0.574. The minimum Gasteiger partial charge on any atom is -0.394 e. The fourth-order valence-electron chi connectivity index (χ4n) is 0.534. The van der Waals surface area contributed by atoms with Gasteiger partial charge in [-0.25, -0.2) is 0 Å². The van der Waals surface area contributed by atoms with Crippen LogP contribution in [0.15, 0.2) is 0 Å². The number of hydrogen-bond acceptors (Lipinski definition) is 6. The van der Waals surface area contributed by atoms with E-state index in [4.69, 9.17) is 19.7 Å². The van der Waals surface area contributed by atoms with Gasteiger partial charge in [0, 0.05) is 0 Å². The Hall–Kier alpha value is -0.760. The summed E-state index contributed by atoms with van der Waals surface area (Å²) in [6.07, 6.45) is -1.68. The third-order valence-corrected chi connectivity index (χ3v) is 1.12. The van der Waals surface area contributed by atoms with Crippen LogP contribution in [0.2, 0.25) is 0 Å². The fourth-order valence-corrected chi connectivity index (χ4v) is 0.534. The van der Waals surface area contributed by atoms with E-state index in [1.54, 1.807) is 0 Å². The Morgan fingerprint density at radius 3 is 2.46 bits per heavy atom. The van der Waals surface area contributed by atoms with Gasteiger partial charge in [0.25, 0.3) is 0 Å². The maximum absolute atomic E-state index is 9.88. The Balaban J connectivity index is 3.11. The largest absolute Gasteiger partial charge is 0.394 e. The van der Waals surface area contributed by atoms with Gasteiger partial charge < -0.3 is 19.7 Å². The molecule has 2 N–H and O–H groups in total. The molecule has 0 bridgehead atoms. The normalized spacial score (nSPS) is 12.8. The van der Waals surface area contributed by atoms with Crippen molar-refractivity contribution in [1.29, 1.82) is 0 Å². The highest BCUT2D eigenvalue weighted by Gasteiger charge is 2.14. The number of aliphatic hydroxyl groups is 2. The van der Waals surface area contributed by atoms with Crippen molar-refractivity contribution in [3.8, 4) is 0 Å². The van der Waals surface area contributed by atoms with Gasteiger partial charge in [-0.3, -0.25) is 10.1 Å². The Morgan fingerprint density at radius 1 is 1.31 bits per heavy atom. The first-order valence-electron chi connectivity index (χ1n) is 3.76. The summed E-state index contributed by atoms with van der Waals surface area (Å²) in [7, 11) is 0. The van der Waals surface area contributed by atoms with E-state index in [0.29, 0.717) is 0 Å². The predicted octanol–water partition coefficient (Wildman–Crippen LogP) is -1.39. The molecule has 1 unspecified atom stereocenters. The average Bonchev–Trinajstić information content (AvgIpc) is 2.10. The predicted molar refractivity (Wildman–Crippen MR) is 41.7 cm³/mol. The molecule has 0 rings (SSSR count). The third kappa shape index (κ3) is 7.60. The first kappa shape index (κ1) is 12.2. The second kappa shape index (κ2) is 7.87. The molecule has 0 spiro atoms. The van der Waals surface area contributed by atoms with Crippen molar-refractivity contribution in [1.82, 2.24) is 0 Å². The summed E-state index contributed by atoms with van der Waals surface area (Å²) in [6.45, 7) is 0.185. The zero-order valence-corrected chi connectivity index (χ0v) is 7.09. The smallest absolute Gasteiger partial charge is 0.336 e. The van der Waals surface area contributed by atoms with Crippen LogP contribution in [0.1, 0.15) is 0 Å². The monoisotopic (exact) mass is 195 g/mol. The Morgan fingerprint density at radius 2 is 1.92 bits per heavy atom. The molecule has 0 heterocycles. The van der Waals surface area contributed by atoms with Gasteiger partial charge in [-0.15, -0.1) is 0 Å². The summed E-state index contributed by atoms with van der Waals surface area (Å²) in [5.41, 5.74) is 0. The molecule has 0 radical (unpaired) electrons. The molecular formula is C6H13NO6. The molecule has 0 fully saturated rings. The molecule has 0 aromatic heterocycles. The van der Waals surface area contributed by atoms with E-state index in [1.807, 2.05) is 0 Å². The van der Waals surface area contributed by atoms with Gasteiger partial charge in [0.1, 0.15) is 6.61 Å². The number of ether oxygens (including phenoxy) is 2. The van der Waals surface area contributed by atoms with E-state index < -0.39 is 11.2 Å². The van der Waals surface area contributed by atoms with Crippen LogP contribution >= 0.6 is 0 Å². The second-order valence-electron chi connectivity index (χ2n) is 2.18. The highest BCUT2D eigenvalue weighted by Crippen LogP contribution is 1.86. The minimum absolute atomic E-state index is 0.0719. The quantitative estimate of drug-likeness (QED) is 0.214. The Kier molecular flexibility index (Phi) is 7.41. The van der Waals surface area contributed by atoms with Gasteiger partial charge in [-0.2, -0.15) is 0 Å². The topological polar surface area (TPSA) is 102 Å². The van der Waals surface area contributed by atoms with Crippen molar-refractivity contribution < 1.29 is 24.6 Å². The Bertz CT molecular complexity index is 141. The maximum Gasteiger partial charge on any atom is 0.336 e. The summed E-state index contributed by atoms with van der Waals surface area (Å²) >= 11 is 0. The molecule has 0 aliphatic heterocycles. The van der Waals surface area contributed by atoms with E-state index in [9.17, 15) is 10.1 Å². The first-order valence-corrected chi connectivity index (χ1v) is 3.76. The van der Waals surface area contributed by atoms with E-state index in [-0.39, 0.29) is 33.0 Å². The Labute approximate surface area is 75.0 Å². The molecule has 0 amide bonds. The summed E-state index contributed by atoms with van der Waals surface area (Å²) in [5.74, 6) is 0. The van der Waals surface area contributed by atoms with Crippen LogP contribution in [0, 0.1) is 10.1 Å². The van der Waals surface area contributed by atoms with E-state index in [2.05, 4.69) is 0 Å².